The molecule has 3 amide bonds. The highest BCUT2D eigenvalue weighted by molar-refractivity contribution is 6.27. The fraction of sp³-hybridized carbons (Fsp3) is 0.250. The average Bonchev–Trinajstić information content (AvgIpc) is 2.77. The molecule has 0 spiro atoms. The van der Waals surface area contributed by atoms with Crippen LogP contribution in [0.25, 0.3) is 10.8 Å². The number of pyridine rings is 1. The predicted molar refractivity (Wildman–Crippen MR) is 79.5 cm³/mol. The molecule has 110 valence electrons. The van der Waals surface area contributed by atoms with Crippen LogP contribution in [0.5, 0.6) is 0 Å². The van der Waals surface area contributed by atoms with Crippen LogP contribution in [0.1, 0.15) is 28.9 Å². The van der Waals surface area contributed by atoms with E-state index in [1.807, 2.05) is 25.1 Å². The Balaban J connectivity index is 1.89. The summed E-state index contributed by atoms with van der Waals surface area (Å²) < 4.78 is 0. The number of imide groups is 1. The first-order valence-electron chi connectivity index (χ1n) is 7.13. The van der Waals surface area contributed by atoms with Gasteiger partial charge in [0.2, 0.25) is 11.8 Å². The van der Waals surface area contributed by atoms with Crippen molar-refractivity contribution in [2.24, 2.45) is 0 Å². The number of rotatable bonds is 1. The SMILES string of the molecule is Cc1ncc2c3c(cccc13)N(C1CCC(=O)NC1=O)C2=O. The number of nitrogens with zero attached hydrogens (tertiary/aromatic N) is 2. The van der Waals surface area contributed by atoms with Gasteiger partial charge in [0, 0.05) is 29.1 Å². The van der Waals surface area contributed by atoms with E-state index in [1.54, 1.807) is 6.20 Å². The van der Waals surface area contributed by atoms with Crippen molar-refractivity contribution in [2.75, 3.05) is 4.90 Å². The molecule has 2 aromatic rings. The Morgan fingerprint density at radius 3 is 2.86 bits per heavy atom. The lowest BCUT2D eigenvalue weighted by atomic mass is 10.0. The molecule has 1 unspecified atom stereocenters. The quantitative estimate of drug-likeness (QED) is 0.804. The predicted octanol–water partition coefficient (Wildman–Crippen LogP) is 1.31. The number of nitrogens with one attached hydrogen (secondary N) is 1. The van der Waals surface area contributed by atoms with Crippen LogP contribution in [0.2, 0.25) is 0 Å². The molecule has 1 atom stereocenters. The second-order valence-electron chi connectivity index (χ2n) is 5.60. The van der Waals surface area contributed by atoms with Crippen LogP contribution < -0.4 is 10.2 Å². The van der Waals surface area contributed by atoms with Gasteiger partial charge in [-0.2, -0.15) is 0 Å². The molecule has 1 aromatic heterocycles. The van der Waals surface area contributed by atoms with Crippen molar-refractivity contribution in [1.82, 2.24) is 10.3 Å². The van der Waals surface area contributed by atoms with E-state index in [0.717, 1.165) is 22.2 Å². The number of aromatic nitrogens is 1. The molecule has 2 aliphatic heterocycles. The monoisotopic (exact) mass is 295 g/mol. The number of hydrogen-bond donors (Lipinski definition) is 1. The minimum Gasteiger partial charge on any atom is -0.295 e. The third-order valence-electron chi connectivity index (χ3n) is 4.32. The molecular weight excluding hydrogens is 282 g/mol. The van der Waals surface area contributed by atoms with Gasteiger partial charge in [0.15, 0.2) is 0 Å². The number of carbonyl (C=O) groups is 3. The highest BCUT2D eigenvalue weighted by atomic mass is 16.2. The molecule has 0 saturated carbocycles. The van der Waals surface area contributed by atoms with Crippen molar-refractivity contribution in [3.63, 3.8) is 0 Å². The molecule has 2 aliphatic rings. The van der Waals surface area contributed by atoms with Crippen LogP contribution in [0.4, 0.5) is 5.69 Å². The van der Waals surface area contributed by atoms with Gasteiger partial charge in [-0.25, -0.2) is 0 Å². The summed E-state index contributed by atoms with van der Waals surface area (Å²) in [5.41, 5.74) is 2.08. The average molecular weight is 295 g/mol. The first kappa shape index (κ1) is 12.9. The highest BCUT2D eigenvalue weighted by Crippen LogP contribution is 2.39. The molecule has 4 rings (SSSR count). The van der Waals surface area contributed by atoms with Gasteiger partial charge in [-0.05, 0) is 19.4 Å². The minimum atomic E-state index is -0.650. The maximum Gasteiger partial charge on any atom is 0.261 e. The smallest absolute Gasteiger partial charge is 0.261 e. The van der Waals surface area contributed by atoms with Gasteiger partial charge < -0.3 is 0 Å². The van der Waals surface area contributed by atoms with E-state index in [0.29, 0.717) is 12.0 Å². The van der Waals surface area contributed by atoms with Crippen LogP contribution in [0.3, 0.4) is 0 Å². The molecular formula is C16H13N3O3. The lowest BCUT2D eigenvalue weighted by molar-refractivity contribution is -0.134. The summed E-state index contributed by atoms with van der Waals surface area (Å²) in [5, 5.41) is 4.06. The van der Waals surface area contributed by atoms with Crippen LogP contribution in [0.15, 0.2) is 24.4 Å². The van der Waals surface area contributed by atoms with Crippen molar-refractivity contribution >= 4 is 34.2 Å². The zero-order chi connectivity index (χ0) is 15.4. The molecule has 1 N–H and O–H groups in total. The minimum absolute atomic E-state index is 0.229. The summed E-state index contributed by atoms with van der Waals surface area (Å²) in [6.07, 6.45) is 2.15. The van der Waals surface area contributed by atoms with Crippen molar-refractivity contribution in [2.45, 2.75) is 25.8 Å². The van der Waals surface area contributed by atoms with Crippen molar-refractivity contribution in [3.05, 3.63) is 35.7 Å². The van der Waals surface area contributed by atoms with E-state index in [4.69, 9.17) is 0 Å². The number of piperidine rings is 1. The molecule has 22 heavy (non-hydrogen) atoms. The Morgan fingerprint density at radius 2 is 2.09 bits per heavy atom. The number of anilines is 1. The van der Waals surface area contributed by atoms with Gasteiger partial charge in [0.25, 0.3) is 5.91 Å². The van der Waals surface area contributed by atoms with Gasteiger partial charge in [0.05, 0.1) is 11.3 Å². The van der Waals surface area contributed by atoms with Crippen molar-refractivity contribution < 1.29 is 14.4 Å². The molecule has 1 aromatic carbocycles. The molecule has 6 heteroatoms. The highest BCUT2D eigenvalue weighted by Gasteiger charge is 2.40. The molecule has 0 bridgehead atoms. The van der Waals surface area contributed by atoms with E-state index in [-0.39, 0.29) is 18.2 Å². The van der Waals surface area contributed by atoms with E-state index in [2.05, 4.69) is 10.3 Å². The van der Waals surface area contributed by atoms with Gasteiger partial charge >= 0.3 is 0 Å². The topological polar surface area (TPSA) is 79.4 Å². The van der Waals surface area contributed by atoms with E-state index >= 15 is 0 Å². The van der Waals surface area contributed by atoms with Gasteiger partial charge in [-0.1, -0.05) is 12.1 Å². The van der Waals surface area contributed by atoms with Crippen LogP contribution >= 0.6 is 0 Å². The lowest BCUT2D eigenvalue weighted by Gasteiger charge is -2.30. The maximum absolute atomic E-state index is 12.7. The van der Waals surface area contributed by atoms with Gasteiger partial charge in [-0.3, -0.25) is 29.6 Å². The van der Waals surface area contributed by atoms with Crippen LogP contribution in [0, 0.1) is 6.92 Å². The van der Waals surface area contributed by atoms with Crippen molar-refractivity contribution in [1.29, 1.82) is 0 Å². The fourth-order valence-electron chi connectivity index (χ4n) is 3.26. The number of aryl methyl sites for hydroxylation is 1. The number of benzene rings is 1. The second kappa shape index (κ2) is 4.37. The van der Waals surface area contributed by atoms with Gasteiger partial charge in [-0.15, -0.1) is 0 Å². The summed E-state index contributed by atoms with van der Waals surface area (Å²) in [6.45, 7) is 1.89. The lowest BCUT2D eigenvalue weighted by Crippen LogP contribution is -2.53. The Bertz CT molecular complexity index is 859. The molecule has 3 heterocycles. The summed E-state index contributed by atoms with van der Waals surface area (Å²) in [5.74, 6) is -0.937. The van der Waals surface area contributed by atoms with E-state index in [1.165, 1.54) is 4.90 Å². The number of amides is 3. The standard InChI is InChI=1S/C16H13N3O3/c1-8-9-3-2-4-11-14(9)10(7-17-8)16(22)19(11)12-5-6-13(20)18-15(12)21/h2-4,7,12H,5-6H2,1H3,(H,18,20,21). The summed E-state index contributed by atoms with van der Waals surface area (Å²) in [4.78, 5) is 42.0. The fourth-order valence-corrected chi connectivity index (χ4v) is 3.26. The van der Waals surface area contributed by atoms with Crippen LogP contribution in [-0.4, -0.2) is 28.7 Å². The normalized spacial score (nSPS) is 20.7. The van der Waals surface area contributed by atoms with Gasteiger partial charge in [0.1, 0.15) is 6.04 Å². The second-order valence-corrected chi connectivity index (χ2v) is 5.60. The largest absolute Gasteiger partial charge is 0.295 e. The summed E-state index contributed by atoms with van der Waals surface area (Å²) >= 11 is 0. The molecule has 1 saturated heterocycles. The molecule has 1 fully saturated rings. The number of carbonyl (C=O) groups excluding carboxylic acids is 3. The Hall–Kier alpha value is -2.76. The maximum atomic E-state index is 12.7. The third kappa shape index (κ3) is 1.60. The third-order valence-corrected chi connectivity index (χ3v) is 4.32. The Morgan fingerprint density at radius 1 is 1.27 bits per heavy atom. The molecule has 0 radical (unpaired) electrons. The molecule has 6 nitrogen and oxygen atoms in total. The Kier molecular flexibility index (Phi) is 2.57. The first-order valence-corrected chi connectivity index (χ1v) is 7.13. The zero-order valence-electron chi connectivity index (χ0n) is 11.9. The Labute approximate surface area is 126 Å². The van der Waals surface area contributed by atoms with E-state index < -0.39 is 11.9 Å². The van der Waals surface area contributed by atoms with Crippen molar-refractivity contribution in [3.8, 4) is 0 Å². The molecule has 0 aliphatic carbocycles. The number of hydrogen-bond acceptors (Lipinski definition) is 4. The summed E-state index contributed by atoms with van der Waals surface area (Å²) in [7, 11) is 0. The summed E-state index contributed by atoms with van der Waals surface area (Å²) in [6, 6.07) is 4.96. The van der Waals surface area contributed by atoms with Crippen LogP contribution in [-0.2, 0) is 9.59 Å². The van der Waals surface area contributed by atoms with E-state index in [9.17, 15) is 14.4 Å². The zero-order valence-corrected chi connectivity index (χ0v) is 11.9. The first-order chi connectivity index (χ1) is 10.6.